The molecule has 0 saturated heterocycles. The van der Waals surface area contributed by atoms with Gasteiger partial charge in [-0.05, 0) is 46.0 Å². The number of benzene rings is 1. The fourth-order valence-electron chi connectivity index (χ4n) is 2.31. The molecule has 0 radical (unpaired) electrons. The van der Waals surface area contributed by atoms with Crippen molar-refractivity contribution in [2.45, 2.75) is 33.0 Å². The lowest BCUT2D eigenvalue weighted by Gasteiger charge is -2.17. The lowest BCUT2D eigenvalue weighted by atomic mass is 10.1. The zero-order valence-electron chi connectivity index (χ0n) is 12.9. The first-order chi connectivity index (χ1) is 9.93. The lowest BCUT2D eigenvalue weighted by molar-refractivity contribution is 0.0850. The van der Waals surface area contributed by atoms with Crippen molar-refractivity contribution in [1.29, 1.82) is 0 Å². The predicted octanol–water partition coefficient (Wildman–Crippen LogP) is 1.81. The van der Waals surface area contributed by atoms with Crippen molar-refractivity contribution in [2.24, 2.45) is 0 Å². The van der Waals surface area contributed by atoms with Gasteiger partial charge in [-0.3, -0.25) is 10.1 Å². The molecule has 21 heavy (non-hydrogen) atoms. The van der Waals surface area contributed by atoms with Crippen molar-refractivity contribution < 1.29 is 9.84 Å². The highest BCUT2D eigenvalue weighted by molar-refractivity contribution is 5.81. The van der Waals surface area contributed by atoms with Crippen LogP contribution >= 0.6 is 0 Å². The molecule has 5 nitrogen and oxygen atoms in total. The Morgan fingerprint density at radius 1 is 1.33 bits per heavy atom. The van der Waals surface area contributed by atoms with Gasteiger partial charge in [0.15, 0.2) is 5.75 Å². The van der Waals surface area contributed by atoms with E-state index in [1.807, 2.05) is 39.0 Å². The van der Waals surface area contributed by atoms with Crippen LogP contribution in [0, 0.1) is 6.92 Å². The molecule has 5 heteroatoms. The van der Waals surface area contributed by atoms with Crippen LogP contribution in [0.4, 0.5) is 0 Å². The van der Waals surface area contributed by atoms with Gasteiger partial charge in [0.25, 0.3) is 5.56 Å². The van der Waals surface area contributed by atoms with Crippen molar-refractivity contribution in [3.8, 4) is 5.75 Å². The van der Waals surface area contributed by atoms with E-state index in [1.165, 1.54) is 0 Å². The van der Waals surface area contributed by atoms with Crippen LogP contribution in [0.15, 0.2) is 29.1 Å². The number of likely N-dealkylation sites (N-methyl/N-ethyl adjacent to an activating group) is 1. The molecule has 0 aliphatic rings. The number of hydrogen-bond acceptors (Lipinski definition) is 4. The Bertz CT molecular complexity index is 692. The number of aryl methyl sites for hydroxylation is 1. The SMILES string of the molecule is CNC(O)COc1cc2cc(C)ccc2n(C(C)C)c1=O. The number of aromatic nitrogens is 1. The topological polar surface area (TPSA) is 63.5 Å². The Hall–Kier alpha value is -1.85. The van der Waals surface area contributed by atoms with Crippen LogP contribution in [-0.2, 0) is 0 Å². The van der Waals surface area contributed by atoms with Crippen LogP contribution in [0.25, 0.3) is 10.9 Å². The van der Waals surface area contributed by atoms with Crippen molar-refractivity contribution in [1.82, 2.24) is 9.88 Å². The molecule has 1 atom stereocenters. The number of hydrogen-bond donors (Lipinski definition) is 2. The van der Waals surface area contributed by atoms with Gasteiger partial charge in [0.1, 0.15) is 12.8 Å². The maximum Gasteiger partial charge on any atom is 0.293 e. The van der Waals surface area contributed by atoms with Gasteiger partial charge in [-0.15, -0.1) is 0 Å². The van der Waals surface area contributed by atoms with E-state index in [4.69, 9.17) is 4.74 Å². The molecule has 114 valence electrons. The summed E-state index contributed by atoms with van der Waals surface area (Å²) >= 11 is 0. The molecular weight excluding hydrogens is 268 g/mol. The second-order valence-electron chi connectivity index (χ2n) is 5.46. The highest BCUT2D eigenvalue weighted by Crippen LogP contribution is 2.21. The summed E-state index contributed by atoms with van der Waals surface area (Å²) in [6.45, 7) is 5.97. The van der Waals surface area contributed by atoms with Crippen LogP contribution in [0.1, 0.15) is 25.5 Å². The van der Waals surface area contributed by atoms with Gasteiger partial charge in [0.05, 0.1) is 5.52 Å². The number of nitrogens with one attached hydrogen (secondary N) is 1. The summed E-state index contributed by atoms with van der Waals surface area (Å²) in [5.41, 5.74) is 1.84. The van der Waals surface area contributed by atoms with E-state index < -0.39 is 6.23 Å². The quantitative estimate of drug-likeness (QED) is 0.824. The fraction of sp³-hybridized carbons (Fsp3) is 0.438. The molecule has 2 aromatic rings. The van der Waals surface area contributed by atoms with E-state index in [9.17, 15) is 9.90 Å². The monoisotopic (exact) mass is 290 g/mol. The number of pyridine rings is 1. The van der Waals surface area contributed by atoms with Crippen LogP contribution in [0.3, 0.4) is 0 Å². The highest BCUT2D eigenvalue weighted by atomic mass is 16.5. The third-order valence-corrected chi connectivity index (χ3v) is 3.41. The van der Waals surface area contributed by atoms with Crippen molar-refractivity contribution >= 4 is 10.9 Å². The fourth-order valence-corrected chi connectivity index (χ4v) is 2.31. The van der Waals surface area contributed by atoms with Crippen molar-refractivity contribution in [2.75, 3.05) is 13.7 Å². The molecule has 1 aromatic heterocycles. The van der Waals surface area contributed by atoms with Crippen LogP contribution in [-0.4, -0.2) is 29.6 Å². The van der Waals surface area contributed by atoms with Gasteiger partial charge in [-0.2, -0.15) is 0 Å². The first-order valence-electron chi connectivity index (χ1n) is 7.08. The van der Waals surface area contributed by atoms with Crippen LogP contribution < -0.4 is 15.6 Å². The van der Waals surface area contributed by atoms with Gasteiger partial charge in [-0.1, -0.05) is 11.6 Å². The number of rotatable bonds is 5. The molecule has 0 aliphatic carbocycles. The lowest BCUT2D eigenvalue weighted by Crippen LogP contribution is -2.33. The molecule has 1 heterocycles. The summed E-state index contributed by atoms with van der Waals surface area (Å²) in [7, 11) is 1.63. The largest absolute Gasteiger partial charge is 0.484 e. The smallest absolute Gasteiger partial charge is 0.293 e. The molecule has 0 fully saturated rings. The number of fused-ring (bicyclic) bond motifs is 1. The number of ether oxygens (including phenoxy) is 1. The first kappa shape index (κ1) is 15.5. The molecule has 2 N–H and O–H groups in total. The second kappa shape index (κ2) is 6.28. The third kappa shape index (κ3) is 3.25. The molecular formula is C16H22N2O3. The minimum Gasteiger partial charge on any atom is -0.484 e. The van der Waals surface area contributed by atoms with Crippen LogP contribution in [0.2, 0.25) is 0 Å². The Balaban J connectivity index is 2.56. The molecule has 0 spiro atoms. The van der Waals surface area contributed by atoms with Crippen molar-refractivity contribution in [3.05, 3.63) is 40.2 Å². The summed E-state index contributed by atoms with van der Waals surface area (Å²) in [6.07, 6.45) is -0.801. The van der Waals surface area contributed by atoms with Crippen LogP contribution in [0.5, 0.6) is 5.75 Å². The van der Waals surface area contributed by atoms with E-state index in [-0.39, 0.29) is 24.0 Å². The zero-order valence-corrected chi connectivity index (χ0v) is 12.9. The maximum atomic E-state index is 12.5. The minimum absolute atomic E-state index is 0.0282. The average molecular weight is 290 g/mol. The summed E-state index contributed by atoms with van der Waals surface area (Å²) in [6, 6.07) is 7.74. The normalized spacial score (nSPS) is 12.9. The van der Waals surface area contributed by atoms with Gasteiger partial charge < -0.3 is 14.4 Å². The van der Waals surface area contributed by atoms with E-state index in [0.717, 1.165) is 16.5 Å². The number of nitrogens with zero attached hydrogens (tertiary/aromatic N) is 1. The molecule has 0 bridgehead atoms. The molecule has 0 aliphatic heterocycles. The Morgan fingerprint density at radius 2 is 2.05 bits per heavy atom. The highest BCUT2D eigenvalue weighted by Gasteiger charge is 2.13. The van der Waals surface area contributed by atoms with Gasteiger partial charge in [0.2, 0.25) is 0 Å². The average Bonchev–Trinajstić information content (AvgIpc) is 2.44. The second-order valence-corrected chi connectivity index (χ2v) is 5.46. The van der Waals surface area contributed by atoms with Gasteiger partial charge in [-0.25, -0.2) is 0 Å². The molecule has 0 saturated carbocycles. The third-order valence-electron chi connectivity index (χ3n) is 3.41. The Kier molecular flexibility index (Phi) is 4.65. The van der Waals surface area contributed by atoms with Gasteiger partial charge in [0, 0.05) is 11.4 Å². The molecule has 1 unspecified atom stereocenters. The van der Waals surface area contributed by atoms with E-state index in [2.05, 4.69) is 5.32 Å². The Morgan fingerprint density at radius 3 is 2.67 bits per heavy atom. The molecule has 0 amide bonds. The number of aliphatic hydroxyl groups excluding tert-OH is 1. The Labute approximate surface area is 124 Å². The van der Waals surface area contributed by atoms with Crippen molar-refractivity contribution in [3.63, 3.8) is 0 Å². The summed E-state index contributed by atoms with van der Waals surface area (Å²) in [5, 5.41) is 13.1. The summed E-state index contributed by atoms with van der Waals surface area (Å²) in [4.78, 5) is 12.5. The number of aliphatic hydroxyl groups is 1. The maximum absolute atomic E-state index is 12.5. The van der Waals surface area contributed by atoms with E-state index >= 15 is 0 Å². The first-order valence-corrected chi connectivity index (χ1v) is 7.08. The predicted molar refractivity (Wildman–Crippen MR) is 83.9 cm³/mol. The summed E-state index contributed by atoms with van der Waals surface area (Å²) in [5.74, 6) is 0.260. The minimum atomic E-state index is -0.801. The molecule has 2 rings (SSSR count). The summed E-state index contributed by atoms with van der Waals surface area (Å²) < 4.78 is 7.20. The molecule has 1 aromatic carbocycles. The standard InChI is InChI=1S/C16H22N2O3/c1-10(2)18-13-6-5-11(3)7-12(13)8-14(16(18)20)21-9-15(19)17-4/h5-8,10,15,17,19H,9H2,1-4H3. The van der Waals surface area contributed by atoms with Gasteiger partial charge >= 0.3 is 0 Å². The van der Waals surface area contributed by atoms with E-state index in [1.54, 1.807) is 17.7 Å². The van der Waals surface area contributed by atoms with E-state index in [0.29, 0.717) is 0 Å². The zero-order chi connectivity index (χ0) is 15.6.